The number of ether oxygens (including phenoxy) is 1. The molecular formula is C27H26FN9O2. The molecule has 6 aromatic rings. The molecular weight excluding hydrogens is 501 g/mol. The van der Waals surface area contributed by atoms with Crippen LogP contribution in [0.3, 0.4) is 0 Å². The van der Waals surface area contributed by atoms with Gasteiger partial charge in [0.1, 0.15) is 29.2 Å². The van der Waals surface area contributed by atoms with Crippen LogP contribution in [0.4, 0.5) is 4.39 Å². The van der Waals surface area contributed by atoms with E-state index in [9.17, 15) is 9.50 Å². The monoisotopic (exact) mass is 527 g/mol. The van der Waals surface area contributed by atoms with Gasteiger partial charge in [-0.15, -0.1) is 0 Å². The van der Waals surface area contributed by atoms with Gasteiger partial charge in [-0.05, 0) is 44.4 Å². The normalized spacial score (nSPS) is 11.7. The quantitative estimate of drug-likeness (QED) is 0.274. The second-order valence-electron chi connectivity index (χ2n) is 9.45. The zero-order chi connectivity index (χ0) is 27.1. The highest BCUT2D eigenvalue weighted by Crippen LogP contribution is 2.32. The molecule has 5 aromatic heterocycles. The summed E-state index contributed by atoms with van der Waals surface area (Å²) >= 11 is 0. The smallest absolute Gasteiger partial charge is 0.161 e. The van der Waals surface area contributed by atoms with Crippen LogP contribution in [0.1, 0.15) is 5.69 Å². The van der Waals surface area contributed by atoms with Gasteiger partial charge in [0, 0.05) is 43.2 Å². The summed E-state index contributed by atoms with van der Waals surface area (Å²) in [7, 11) is 5.69. The largest absolute Gasteiger partial charge is 0.492 e. The Morgan fingerprint density at radius 1 is 1.05 bits per heavy atom. The third-order valence-electron chi connectivity index (χ3n) is 6.32. The Hall–Kier alpha value is -4.68. The van der Waals surface area contributed by atoms with Gasteiger partial charge in [-0.2, -0.15) is 10.2 Å². The number of aromatic amines is 2. The Labute approximate surface area is 222 Å². The predicted octanol–water partition coefficient (Wildman–Crippen LogP) is 3.54. The SMILES string of the molecule is CN(C)CCOc1cc(F)cc(-c2nccc3[nH]c(-c4n[nH]c5ccc(-c6cn(C)nc6CO)nc45)nc23)c1. The molecule has 0 aliphatic carbocycles. The van der Waals surface area contributed by atoms with Gasteiger partial charge in [-0.25, -0.2) is 14.4 Å². The molecule has 198 valence electrons. The number of aromatic nitrogens is 8. The maximum absolute atomic E-state index is 14.5. The lowest BCUT2D eigenvalue weighted by Crippen LogP contribution is -2.19. The maximum atomic E-state index is 14.5. The molecule has 3 N–H and O–H groups in total. The van der Waals surface area contributed by atoms with Gasteiger partial charge in [0.2, 0.25) is 0 Å². The zero-order valence-corrected chi connectivity index (χ0v) is 21.6. The van der Waals surface area contributed by atoms with E-state index in [1.54, 1.807) is 30.1 Å². The number of halogens is 1. The number of rotatable bonds is 8. The standard InChI is InChI=1S/C27H26FN9O2/c1-36(2)8-9-39-17-11-15(10-16(28)12-17)23-24-20(6-7-29-23)31-27(32-24)26-25-21(33-34-26)5-4-19(30-25)18-13-37(3)35-22(18)14-38/h4-7,10-13,38H,8-9,14H2,1-3H3,(H,31,32)(H,33,34). The van der Waals surface area contributed by atoms with Crippen molar-refractivity contribution in [2.45, 2.75) is 6.61 Å². The first-order valence-electron chi connectivity index (χ1n) is 12.3. The number of hydrogen-bond acceptors (Lipinski definition) is 8. The molecule has 1 aromatic carbocycles. The van der Waals surface area contributed by atoms with E-state index < -0.39 is 5.82 Å². The highest BCUT2D eigenvalue weighted by Gasteiger charge is 2.19. The molecule has 0 unspecified atom stereocenters. The summed E-state index contributed by atoms with van der Waals surface area (Å²) in [6, 6.07) is 10.1. The van der Waals surface area contributed by atoms with Gasteiger partial charge in [-0.3, -0.25) is 14.8 Å². The molecule has 0 saturated carbocycles. The topological polar surface area (TPSA) is 134 Å². The first-order chi connectivity index (χ1) is 18.9. The fraction of sp³-hybridized carbons (Fsp3) is 0.222. The molecule has 0 atom stereocenters. The molecule has 0 spiro atoms. The average molecular weight is 528 g/mol. The lowest BCUT2D eigenvalue weighted by atomic mass is 10.1. The minimum Gasteiger partial charge on any atom is -0.492 e. The van der Waals surface area contributed by atoms with Crippen LogP contribution in [-0.4, -0.2) is 77.2 Å². The van der Waals surface area contributed by atoms with Gasteiger partial charge in [-0.1, -0.05) is 0 Å². The van der Waals surface area contributed by atoms with Crippen molar-refractivity contribution in [2.24, 2.45) is 7.05 Å². The van der Waals surface area contributed by atoms with Crippen LogP contribution in [-0.2, 0) is 13.7 Å². The molecule has 11 nitrogen and oxygen atoms in total. The van der Waals surface area contributed by atoms with E-state index >= 15 is 0 Å². The van der Waals surface area contributed by atoms with E-state index in [2.05, 4.69) is 25.3 Å². The highest BCUT2D eigenvalue weighted by molar-refractivity contribution is 5.95. The molecule has 0 fully saturated rings. The fourth-order valence-corrected chi connectivity index (χ4v) is 4.47. The van der Waals surface area contributed by atoms with Gasteiger partial charge >= 0.3 is 0 Å². The number of hydrogen-bond donors (Lipinski definition) is 3. The van der Waals surface area contributed by atoms with E-state index in [0.29, 0.717) is 64.1 Å². The lowest BCUT2D eigenvalue weighted by molar-refractivity contribution is 0.260. The van der Waals surface area contributed by atoms with Crippen LogP contribution in [0.2, 0.25) is 0 Å². The van der Waals surface area contributed by atoms with E-state index in [0.717, 1.165) is 16.6 Å². The van der Waals surface area contributed by atoms with Gasteiger partial charge in [0.25, 0.3) is 0 Å². The van der Waals surface area contributed by atoms with Crippen LogP contribution in [0, 0.1) is 5.82 Å². The van der Waals surface area contributed by atoms with Crippen LogP contribution in [0.25, 0.3) is 56.1 Å². The number of imidazole rings is 1. The minimum atomic E-state index is -0.422. The van der Waals surface area contributed by atoms with Crippen LogP contribution < -0.4 is 4.74 Å². The van der Waals surface area contributed by atoms with E-state index in [-0.39, 0.29) is 6.61 Å². The molecule has 5 heterocycles. The Morgan fingerprint density at radius 2 is 1.90 bits per heavy atom. The number of aliphatic hydroxyl groups is 1. The van der Waals surface area contributed by atoms with Crippen molar-refractivity contribution in [3.8, 4) is 39.8 Å². The second kappa shape index (κ2) is 9.89. The Bertz CT molecular complexity index is 1800. The number of aryl methyl sites for hydroxylation is 1. The summed E-state index contributed by atoms with van der Waals surface area (Å²) in [4.78, 5) is 19.4. The fourth-order valence-electron chi connectivity index (χ4n) is 4.47. The van der Waals surface area contributed by atoms with Crippen molar-refractivity contribution in [2.75, 3.05) is 27.2 Å². The highest BCUT2D eigenvalue weighted by atomic mass is 19.1. The Kier molecular flexibility index (Phi) is 6.25. The number of benzene rings is 1. The summed E-state index contributed by atoms with van der Waals surface area (Å²) in [6.07, 6.45) is 3.46. The number of aliphatic hydroxyl groups excluding tert-OH is 1. The van der Waals surface area contributed by atoms with Gasteiger partial charge in [0.15, 0.2) is 11.5 Å². The van der Waals surface area contributed by atoms with Crippen molar-refractivity contribution in [3.63, 3.8) is 0 Å². The Morgan fingerprint density at radius 3 is 2.72 bits per heavy atom. The number of nitrogens with one attached hydrogen (secondary N) is 2. The summed E-state index contributed by atoms with van der Waals surface area (Å²) in [5.74, 6) is 0.492. The summed E-state index contributed by atoms with van der Waals surface area (Å²) in [5, 5.41) is 21.5. The van der Waals surface area contributed by atoms with E-state index in [4.69, 9.17) is 14.7 Å². The molecule has 0 aliphatic heterocycles. The van der Waals surface area contributed by atoms with Crippen LogP contribution >= 0.6 is 0 Å². The summed E-state index contributed by atoms with van der Waals surface area (Å²) in [5.41, 5.74) is 6.15. The number of likely N-dealkylation sites (N-methyl/N-ethyl adjacent to an activating group) is 1. The van der Waals surface area contributed by atoms with Gasteiger partial charge in [0.05, 0.1) is 34.7 Å². The molecule has 0 amide bonds. The van der Waals surface area contributed by atoms with Crippen molar-refractivity contribution < 1.29 is 14.2 Å². The summed E-state index contributed by atoms with van der Waals surface area (Å²) in [6.45, 7) is 0.938. The maximum Gasteiger partial charge on any atom is 0.161 e. The number of nitrogens with zero attached hydrogens (tertiary/aromatic N) is 7. The number of pyridine rings is 2. The third-order valence-corrected chi connectivity index (χ3v) is 6.32. The molecule has 0 radical (unpaired) electrons. The molecule has 0 bridgehead atoms. The van der Waals surface area contributed by atoms with Crippen molar-refractivity contribution in [1.29, 1.82) is 0 Å². The second-order valence-corrected chi connectivity index (χ2v) is 9.45. The molecule has 39 heavy (non-hydrogen) atoms. The van der Waals surface area contributed by atoms with Crippen molar-refractivity contribution in [1.82, 2.24) is 44.8 Å². The van der Waals surface area contributed by atoms with Crippen LogP contribution in [0.15, 0.2) is 48.8 Å². The molecule has 0 saturated heterocycles. The molecule has 12 heteroatoms. The average Bonchev–Trinajstić information content (AvgIpc) is 3.63. The van der Waals surface area contributed by atoms with Crippen LogP contribution in [0.5, 0.6) is 5.75 Å². The lowest BCUT2D eigenvalue weighted by Gasteiger charge is -2.12. The van der Waals surface area contributed by atoms with Crippen molar-refractivity contribution in [3.05, 3.63) is 60.3 Å². The molecule has 0 aliphatic rings. The summed E-state index contributed by atoms with van der Waals surface area (Å²) < 4.78 is 22.0. The predicted molar refractivity (Wildman–Crippen MR) is 144 cm³/mol. The Balaban J connectivity index is 1.41. The number of fused-ring (bicyclic) bond motifs is 2. The van der Waals surface area contributed by atoms with E-state index in [1.807, 2.05) is 37.3 Å². The zero-order valence-electron chi connectivity index (χ0n) is 21.6. The third kappa shape index (κ3) is 4.71. The van der Waals surface area contributed by atoms with Gasteiger partial charge < -0.3 is 19.7 Å². The number of H-pyrrole nitrogens is 2. The minimum absolute atomic E-state index is 0.198. The van der Waals surface area contributed by atoms with Crippen molar-refractivity contribution >= 4 is 22.1 Å². The first-order valence-corrected chi connectivity index (χ1v) is 12.3. The first kappa shape index (κ1) is 24.6. The van der Waals surface area contributed by atoms with E-state index in [1.165, 1.54) is 12.1 Å². The molecule has 6 rings (SSSR count).